The number of rotatable bonds is 7. The summed E-state index contributed by atoms with van der Waals surface area (Å²) in [4.78, 5) is 24.8. The maximum absolute atomic E-state index is 12.5. The summed E-state index contributed by atoms with van der Waals surface area (Å²) < 4.78 is 53.5. The first-order valence-electron chi connectivity index (χ1n) is 9.00. The molecule has 2 aromatic rings. The first kappa shape index (κ1) is 21.3. The van der Waals surface area contributed by atoms with Crippen molar-refractivity contribution in [3.8, 4) is 17.2 Å². The number of hydrogen-bond donors (Lipinski definition) is 1. The van der Waals surface area contributed by atoms with Crippen molar-refractivity contribution in [3.63, 3.8) is 0 Å². The highest BCUT2D eigenvalue weighted by molar-refractivity contribution is 6.00. The number of carbonyl (C=O) groups excluding carboxylic acids is 2. The second-order valence-corrected chi connectivity index (χ2v) is 6.35. The van der Waals surface area contributed by atoms with E-state index in [0.29, 0.717) is 30.3 Å². The summed E-state index contributed by atoms with van der Waals surface area (Å²) in [5.41, 5.74) is 0.199. The molecular formula is C20H19F3N2O5. The summed E-state index contributed by atoms with van der Waals surface area (Å²) in [5.74, 6) is -0.750. The van der Waals surface area contributed by atoms with Gasteiger partial charge in [-0.3, -0.25) is 9.59 Å². The molecule has 0 aromatic heterocycles. The van der Waals surface area contributed by atoms with Crippen LogP contribution in [0.2, 0.25) is 0 Å². The molecule has 0 unspecified atom stereocenters. The Bertz CT molecular complexity index is 916. The van der Waals surface area contributed by atoms with Crippen LogP contribution >= 0.6 is 0 Å². The summed E-state index contributed by atoms with van der Waals surface area (Å²) in [6.07, 6.45) is -4.54. The van der Waals surface area contributed by atoms with Gasteiger partial charge in [-0.1, -0.05) is 0 Å². The topological polar surface area (TPSA) is 77.1 Å². The van der Waals surface area contributed by atoms with Crippen LogP contribution in [0.25, 0.3) is 0 Å². The number of benzene rings is 2. The lowest BCUT2D eigenvalue weighted by Gasteiger charge is -2.30. The van der Waals surface area contributed by atoms with Crippen LogP contribution in [0.15, 0.2) is 42.5 Å². The molecule has 30 heavy (non-hydrogen) atoms. The second kappa shape index (κ2) is 8.93. The van der Waals surface area contributed by atoms with Gasteiger partial charge in [0, 0.05) is 12.2 Å². The van der Waals surface area contributed by atoms with Crippen molar-refractivity contribution in [1.29, 1.82) is 0 Å². The van der Waals surface area contributed by atoms with E-state index in [4.69, 9.17) is 14.2 Å². The molecule has 1 N–H and O–H groups in total. The summed E-state index contributed by atoms with van der Waals surface area (Å²) in [6, 6.07) is 11.0. The van der Waals surface area contributed by atoms with E-state index in [-0.39, 0.29) is 30.4 Å². The highest BCUT2D eigenvalue weighted by Gasteiger charge is 2.39. The number of ether oxygens (including phenoxy) is 3. The first-order valence-corrected chi connectivity index (χ1v) is 9.00. The molecule has 3 rings (SSSR count). The van der Waals surface area contributed by atoms with Gasteiger partial charge >= 0.3 is 12.1 Å². The Balaban J connectivity index is 1.63. The number of carbonyl (C=O) groups is 2. The zero-order valence-electron chi connectivity index (χ0n) is 16.0. The highest BCUT2D eigenvalue weighted by Crippen LogP contribution is 2.35. The Morgan fingerprint density at radius 3 is 2.53 bits per heavy atom. The predicted octanol–water partition coefficient (Wildman–Crippen LogP) is 3.39. The van der Waals surface area contributed by atoms with Gasteiger partial charge in [0.2, 0.25) is 0 Å². The van der Waals surface area contributed by atoms with Crippen molar-refractivity contribution in [2.45, 2.75) is 12.6 Å². The van der Waals surface area contributed by atoms with E-state index >= 15 is 0 Å². The van der Waals surface area contributed by atoms with E-state index in [1.807, 2.05) is 0 Å². The van der Waals surface area contributed by atoms with Gasteiger partial charge in [0.1, 0.15) is 17.2 Å². The molecule has 0 saturated heterocycles. The van der Waals surface area contributed by atoms with Crippen molar-refractivity contribution in [2.75, 3.05) is 37.1 Å². The molecule has 160 valence electrons. The SMILES string of the molecule is COc1ccc(OCCCN2C(=O)COc3ccc(NC(=O)C(F)(F)F)cc32)cc1. The van der Waals surface area contributed by atoms with Gasteiger partial charge in [-0.2, -0.15) is 13.2 Å². The Morgan fingerprint density at radius 1 is 1.17 bits per heavy atom. The number of anilines is 2. The van der Waals surface area contributed by atoms with Crippen LogP contribution in [0, 0.1) is 0 Å². The van der Waals surface area contributed by atoms with Crippen LogP contribution in [0.4, 0.5) is 24.5 Å². The Morgan fingerprint density at radius 2 is 1.87 bits per heavy atom. The number of nitrogens with zero attached hydrogens (tertiary/aromatic N) is 1. The number of methoxy groups -OCH3 is 1. The van der Waals surface area contributed by atoms with Crippen molar-refractivity contribution in [3.05, 3.63) is 42.5 Å². The molecule has 0 aliphatic carbocycles. The molecule has 0 radical (unpaired) electrons. The minimum atomic E-state index is -5.01. The van der Waals surface area contributed by atoms with Crippen molar-refractivity contribution >= 4 is 23.2 Å². The average molecular weight is 424 g/mol. The van der Waals surface area contributed by atoms with Crippen LogP contribution in [-0.4, -0.2) is 44.9 Å². The zero-order valence-corrected chi connectivity index (χ0v) is 16.0. The summed E-state index contributed by atoms with van der Waals surface area (Å²) in [7, 11) is 1.56. The highest BCUT2D eigenvalue weighted by atomic mass is 19.4. The van der Waals surface area contributed by atoms with Gasteiger partial charge in [0.15, 0.2) is 6.61 Å². The lowest BCUT2D eigenvalue weighted by atomic mass is 10.2. The third-order valence-electron chi connectivity index (χ3n) is 4.27. The normalized spacial score (nSPS) is 13.3. The Hall–Kier alpha value is -3.43. The van der Waals surface area contributed by atoms with Crippen molar-refractivity contribution in [1.82, 2.24) is 0 Å². The molecule has 1 heterocycles. The fourth-order valence-corrected chi connectivity index (χ4v) is 2.81. The lowest BCUT2D eigenvalue weighted by molar-refractivity contribution is -0.167. The monoisotopic (exact) mass is 424 g/mol. The fraction of sp³-hybridized carbons (Fsp3) is 0.300. The van der Waals surface area contributed by atoms with Crippen LogP contribution in [0.5, 0.6) is 17.2 Å². The zero-order chi connectivity index (χ0) is 21.7. The summed E-state index contributed by atoms with van der Waals surface area (Å²) in [5, 5.41) is 1.77. The Kier molecular flexibility index (Phi) is 6.34. The predicted molar refractivity (Wildman–Crippen MR) is 102 cm³/mol. The molecule has 0 spiro atoms. The minimum absolute atomic E-state index is 0.0890. The maximum atomic E-state index is 12.5. The number of hydrogen-bond acceptors (Lipinski definition) is 5. The van der Waals surface area contributed by atoms with Crippen LogP contribution < -0.4 is 24.4 Å². The minimum Gasteiger partial charge on any atom is -0.497 e. The van der Waals surface area contributed by atoms with E-state index in [2.05, 4.69) is 0 Å². The number of halogens is 3. The van der Waals surface area contributed by atoms with Gasteiger partial charge in [-0.25, -0.2) is 0 Å². The molecule has 1 aliphatic rings. The van der Waals surface area contributed by atoms with Gasteiger partial charge in [-0.05, 0) is 48.9 Å². The van der Waals surface area contributed by atoms with Crippen molar-refractivity contribution < 1.29 is 37.0 Å². The van der Waals surface area contributed by atoms with E-state index in [1.54, 1.807) is 36.7 Å². The molecule has 7 nitrogen and oxygen atoms in total. The molecule has 0 atom stereocenters. The average Bonchev–Trinajstić information content (AvgIpc) is 2.72. The van der Waals surface area contributed by atoms with Crippen LogP contribution in [0.1, 0.15) is 6.42 Å². The Labute approximate surface area is 170 Å². The third kappa shape index (κ3) is 5.13. The lowest BCUT2D eigenvalue weighted by Crippen LogP contribution is -2.40. The van der Waals surface area contributed by atoms with Crippen LogP contribution in [0.3, 0.4) is 0 Å². The number of nitrogens with one attached hydrogen (secondary N) is 1. The first-order chi connectivity index (χ1) is 14.3. The van der Waals surface area contributed by atoms with Gasteiger partial charge in [0.05, 0.1) is 19.4 Å². The van der Waals surface area contributed by atoms with E-state index in [1.165, 1.54) is 23.1 Å². The largest absolute Gasteiger partial charge is 0.497 e. The molecular weight excluding hydrogens is 405 g/mol. The molecule has 1 aliphatic heterocycles. The third-order valence-corrected chi connectivity index (χ3v) is 4.27. The van der Waals surface area contributed by atoms with Crippen molar-refractivity contribution in [2.24, 2.45) is 0 Å². The molecule has 0 fully saturated rings. The quantitative estimate of drug-likeness (QED) is 0.690. The molecule has 0 bridgehead atoms. The fourth-order valence-electron chi connectivity index (χ4n) is 2.81. The number of fused-ring (bicyclic) bond motifs is 1. The second-order valence-electron chi connectivity index (χ2n) is 6.35. The molecule has 0 saturated carbocycles. The molecule has 2 aromatic carbocycles. The summed E-state index contributed by atoms with van der Waals surface area (Å²) in [6.45, 7) is 0.402. The number of amides is 2. The van der Waals surface area contributed by atoms with Gasteiger partial charge in [0.25, 0.3) is 5.91 Å². The van der Waals surface area contributed by atoms with Gasteiger partial charge < -0.3 is 24.4 Å². The van der Waals surface area contributed by atoms with Gasteiger partial charge in [-0.15, -0.1) is 0 Å². The standard InChI is InChI=1S/C20H19F3N2O5/c1-28-14-4-6-15(7-5-14)29-10-2-9-25-16-11-13(24-19(27)20(21,22)23)3-8-17(16)30-12-18(25)26/h3-8,11H,2,9-10,12H2,1H3,(H,24,27). The molecule has 10 heteroatoms. The van der Waals surface area contributed by atoms with Crippen LogP contribution in [-0.2, 0) is 9.59 Å². The smallest absolute Gasteiger partial charge is 0.471 e. The van der Waals surface area contributed by atoms with E-state index in [0.717, 1.165) is 0 Å². The van der Waals surface area contributed by atoms with E-state index in [9.17, 15) is 22.8 Å². The summed E-state index contributed by atoms with van der Waals surface area (Å²) >= 11 is 0. The number of alkyl halides is 3. The van der Waals surface area contributed by atoms with E-state index < -0.39 is 12.1 Å². The molecule has 2 amide bonds. The maximum Gasteiger partial charge on any atom is 0.471 e.